The predicted octanol–water partition coefficient (Wildman–Crippen LogP) is 2.55. The van der Waals surface area contributed by atoms with Gasteiger partial charge < -0.3 is 4.57 Å². The van der Waals surface area contributed by atoms with Crippen molar-refractivity contribution in [3.05, 3.63) is 98.5 Å². The van der Waals surface area contributed by atoms with Crippen LogP contribution in [-0.2, 0) is 19.5 Å². The summed E-state index contributed by atoms with van der Waals surface area (Å²) in [5, 5.41) is 0. The molecule has 0 aliphatic heterocycles. The van der Waals surface area contributed by atoms with Crippen molar-refractivity contribution in [1.29, 1.82) is 0 Å². The van der Waals surface area contributed by atoms with Gasteiger partial charge in [0.25, 0.3) is 5.56 Å². The van der Waals surface area contributed by atoms with Crippen molar-refractivity contribution in [3.8, 4) is 0 Å². The Labute approximate surface area is 155 Å². The number of aromatic nitrogens is 4. The lowest BCUT2D eigenvalue weighted by atomic mass is 10.1. The fraction of sp³-hybridized carbons (Fsp3) is 0.190. The second kappa shape index (κ2) is 7.07. The summed E-state index contributed by atoms with van der Waals surface area (Å²) in [7, 11) is 0. The Morgan fingerprint density at radius 2 is 1.52 bits per heavy atom. The van der Waals surface area contributed by atoms with Gasteiger partial charge in [0.05, 0.1) is 0 Å². The Kier molecular flexibility index (Phi) is 4.46. The number of rotatable bonds is 5. The van der Waals surface area contributed by atoms with Crippen LogP contribution < -0.4 is 11.2 Å². The number of aromatic amines is 1. The van der Waals surface area contributed by atoms with Crippen LogP contribution in [0.15, 0.2) is 70.3 Å². The fourth-order valence-corrected chi connectivity index (χ4v) is 3.36. The highest BCUT2D eigenvalue weighted by Gasteiger charge is 2.18. The molecule has 1 N–H and O–H groups in total. The first-order valence-electron chi connectivity index (χ1n) is 8.97. The standard InChI is InChI=1S/C21H20N4O2/c1-2-24-19-18(20(26)23-21(24)27)25(14-16-11-7-4-8-12-16)17(22-19)13-15-9-5-3-6-10-15/h3-12H,2,13-14H2,1H3,(H,23,26,27). The van der Waals surface area contributed by atoms with E-state index in [4.69, 9.17) is 4.98 Å². The minimum atomic E-state index is -0.425. The van der Waals surface area contributed by atoms with Crippen LogP contribution in [0.2, 0.25) is 0 Å². The van der Waals surface area contributed by atoms with Crippen LogP contribution in [0.3, 0.4) is 0 Å². The van der Waals surface area contributed by atoms with Gasteiger partial charge in [0.1, 0.15) is 5.82 Å². The van der Waals surface area contributed by atoms with Crippen LogP contribution in [0.5, 0.6) is 0 Å². The highest BCUT2D eigenvalue weighted by atomic mass is 16.2. The normalized spacial score (nSPS) is 11.1. The maximum atomic E-state index is 12.6. The average Bonchev–Trinajstić information content (AvgIpc) is 3.02. The van der Waals surface area contributed by atoms with Gasteiger partial charge in [-0.15, -0.1) is 0 Å². The summed E-state index contributed by atoms with van der Waals surface area (Å²) < 4.78 is 3.43. The molecule has 0 aliphatic carbocycles. The lowest BCUT2D eigenvalue weighted by molar-refractivity contribution is 0.717. The molecule has 0 fully saturated rings. The SMILES string of the molecule is CCn1c(=O)[nH]c(=O)c2c1nc(Cc1ccccc1)n2Cc1ccccc1. The van der Waals surface area contributed by atoms with Crippen molar-refractivity contribution in [1.82, 2.24) is 19.1 Å². The van der Waals surface area contributed by atoms with Crippen molar-refractivity contribution in [2.75, 3.05) is 0 Å². The van der Waals surface area contributed by atoms with Gasteiger partial charge in [-0.3, -0.25) is 14.3 Å². The third-order valence-corrected chi connectivity index (χ3v) is 4.67. The van der Waals surface area contributed by atoms with Gasteiger partial charge in [0.15, 0.2) is 11.2 Å². The van der Waals surface area contributed by atoms with Gasteiger partial charge in [-0.05, 0) is 18.1 Å². The molecule has 0 aliphatic rings. The number of benzene rings is 2. The summed E-state index contributed by atoms with van der Waals surface area (Å²) in [6.07, 6.45) is 0.583. The van der Waals surface area contributed by atoms with E-state index in [0.717, 1.165) is 17.0 Å². The van der Waals surface area contributed by atoms with Gasteiger partial charge in [-0.25, -0.2) is 9.78 Å². The molecule has 136 valence electrons. The van der Waals surface area contributed by atoms with E-state index < -0.39 is 11.2 Å². The number of aryl methyl sites for hydroxylation is 1. The maximum Gasteiger partial charge on any atom is 0.330 e. The molecule has 27 heavy (non-hydrogen) atoms. The first kappa shape index (κ1) is 17.0. The molecule has 2 aromatic carbocycles. The number of imidazole rings is 1. The zero-order valence-electron chi connectivity index (χ0n) is 15.1. The van der Waals surface area contributed by atoms with Gasteiger partial charge in [0, 0.05) is 19.5 Å². The first-order chi connectivity index (χ1) is 13.2. The van der Waals surface area contributed by atoms with E-state index in [1.54, 1.807) is 0 Å². The van der Waals surface area contributed by atoms with Crippen molar-refractivity contribution >= 4 is 11.2 Å². The summed E-state index contributed by atoms with van der Waals surface area (Å²) in [6, 6.07) is 19.9. The monoisotopic (exact) mass is 360 g/mol. The Hall–Kier alpha value is -3.41. The van der Waals surface area contributed by atoms with Crippen LogP contribution >= 0.6 is 0 Å². The number of H-pyrrole nitrogens is 1. The van der Waals surface area contributed by atoms with E-state index in [0.29, 0.717) is 30.7 Å². The summed E-state index contributed by atoms with van der Waals surface area (Å²) >= 11 is 0. The van der Waals surface area contributed by atoms with Crippen LogP contribution in [0.1, 0.15) is 23.9 Å². The van der Waals surface area contributed by atoms with E-state index in [9.17, 15) is 9.59 Å². The third-order valence-electron chi connectivity index (χ3n) is 4.67. The molecule has 4 rings (SSSR count). The molecular formula is C21H20N4O2. The molecular weight excluding hydrogens is 340 g/mol. The smallest absolute Gasteiger partial charge is 0.317 e. The molecule has 2 aromatic heterocycles. The number of nitrogens with one attached hydrogen (secondary N) is 1. The number of fused-ring (bicyclic) bond motifs is 1. The van der Waals surface area contributed by atoms with Gasteiger partial charge in [-0.1, -0.05) is 60.7 Å². The zero-order valence-corrected chi connectivity index (χ0v) is 15.1. The minimum absolute atomic E-state index is 0.401. The van der Waals surface area contributed by atoms with Crippen molar-refractivity contribution in [2.24, 2.45) is 0 Å². The Morgan fingerprint density at radius 3 is 2.15 bits per heavy atom. The van der Waals surface area contributed by atoms with E-state index >= 15 is 0 Å². The average molecular weight is 360 g/mol. The third kappa shape index (κ3) is 3.21. The molecule has 0 bridgehead atoms. The molecule has 2 heterocycles. The Morgan fingerprint density at radius 1 is 0.889 bits per heavy atom. The van der Waals surface area contributed by atoms with E-state index in [1.165, 1.54) is 4.57 Å². The fourth-order valence-electron chi connectivity index (χ4n) is 3.36. The molecule has 0 radical (unpaired) electrons. The van der Waals surface area contributed by atoms with E-state index in [1.807, 2.05) is 72.2 Å². The number of nitrogens with zero attached hydrogens (tertiary/aromatic N) is 3. The Bertz CT molecular complexity index is 1190. The molecule has 0 atom stereocenters. The summed E-state index contributed by atoms with van der Waals surface area (Å²) in [6.45, 7) is 2.83. The van der Waals surface area contributed by atoms with Gasteiger partial charge in [0.2, 0.25) is 0 Å². The van der Waals surface area contributed by atoms with Crippen molar-refractivity contribution in [3.63, 3.8) is 0 Å². The second-order valence-corrected chi connectivity index (χ2v) is 6.44. The summed E-state index contributed by atoms with van der Waals surface area (Å²) in [4.78, 5) is 31.9. The number of hydrogen-bond acceptors (Lipinski definition) is 3. The van der Waals surface area contributed by atoms with Crippen molar-refractivity contribution < 1.29 is 0 Å². The second-order valence-electron chi connectivity index (χ2n) is 6.44. The lowest BCUT2D eigenvalue weighted by Crippen LogP contribution is -2.30. The number of hydrogen-bond donors (Lipinski definition) is 1. The Balaban J connectivity index is 1.94. The van der Waals surface area contributed by atoms with Crippen LogP contribution in [0.4, 0.5) is 0 Å². The lowest BCUT2D eigenvalue weighted by Gasteiger charge is -2.09. The van der Waals surface area contributed by atoms with Crippen molar-refractivity contribution in [2.45, 2.75) is 26.4 Å². The molecule has 6 heteroatoms. The summed E-state index contributed by atoms with van der Waals surface area (Å²) in [5.41, 5.74) is 2.22. The van der Waals surface area contributed by atoms with Crippen LogP contribution in [-0.4, -0.2) is 19.1 Å². The van der Waals surface area contributed by atoms with E-state index in [2.05, 4.69) is 4.98 Å². The zero-order chi connectivity index (χ0) is 18.8. The highest BCUT2D eigenvalue weighted by molar-refractivity contribution is 5.71. The molecule has 0 spiro atoms. The highest BCUT2D eigenvalue weighted by Crippen LogP contribution is 2.17. The largest absolute Gasteiger partial charge is 0.330 e. The van der Waals surface area contributed by atoms with E-state index in [-0.39, 0.29) is 0 Å². The summed E-state index contributed by atoms with van der Waals surface area (Å²) in [5.74, 6) is 0.762. The van der Waals surface area contributed by atoms with Crippen LogP contribution in [0.25, 0.3) is 11.2 Å². The maximum absolute atomic E-state index is 12.6. The molecule has 0 saturated carbocycles. The van der Waals surface area contributed by atoms with Gasteiger partial charge in [-0.2, -0.15) is 0 Å². The molecule has 0 saturated heterocycles. The molecule has 0 amide bonds. The quantitative estimate of drug-likeness (QED) is 0.594. The topological polar surface area (TPSA) is 72.7 Å². The minimum Gasteiger partial charge on any atom is -0.317 e. The first-order valence-corrected chi connectivity index (χ1v) is 8.97. The molecule has 6 nitrogen and oxygen atoms in total. The predicted molar refractivity (Wildman–Crippen MR) is 105 cm³/mol. The van der Waals surface area contributed by atoms with Gasteiger partial charge >= 0.3 is 5.69 Å². The molecule has 0 unspecified atom stereocenters. The van der Waals surface area contributed by atoms with Crippen LogP contribution in [0, 0.1) is 0 Å². The molecule has 4 aromatic rings.